The van der Waals surface area contributed by atoms with Crippen molar-refractivity contribution in [2.24, 2.45) is 0 Å². The van der Waals surface area contributed by atoms with E-state index in [0.717, 1.165) is 35.2 Å². The van der Waals surface area contributed by atoms with Gasteiger partial charge in [0.15, 0.2) is 12.0 Å². The van der Waals surface area contributed by atoms with Gasteiger partial charge in [0.25, 0.3) is 0 Å². The molecular formula is C11H14INO3. The fourth-order valence-corrected chi connectivity index (χ4v) is 2.08. The highest BCUT2D eigenvalue weighted by molar-refractivity contribution is 14.1. The summed E-state index contributed by atoms with van der Waals surface area (Å²) in [6, 6.07) is 1.85. The van der Waals surface area contributed by atoms with Crippen molar-refractivity contribution in [2.75, 3.05) is 13.7 Å². The van der Waals surface area contributed by atoms with Crippen LogP contribution in [0.3, 0.4) is 0 Å². The van der Waals surface area contributed by atoms with Gasteiger partial charge in [-0.05, 0) is 35.4 Å². The van der Waals surface area contributed by atoms with Gasteiger partial charge in [-0.15, -0.1) is 0 Å². The Kier molecular flexibility index (Phi) is 4.22. The monoisotopic (exact) mass is 335 g/mol. The number of nitrogens with zero attached hydrogens (tertiary/aromatic N) is 1. The summed E-state index contributed by atoms with van der Waals surface area (Å²) in [6.45, 7) is 0.783. The lowest BCUT2D eigenvalue weighted by molar-refractivity contribution is -0.106. The van der Waals surface area contributed by atoms with Crippen LogP contribution in [0.25, 0.3) is 0 Å². The molecule has 0 N–H and O–H groups in total. The molecule has 1 aliphatic rings. The summed E-state index contributed by atoms with van der Waals surface area (Å²) in [6.07, 6.45) is 4.78. The highest BCUT2D eigenvalue weighted by atomic mass is 127. The fraction of sp³-hybridized carbons (Fsp3) is 0.545. The number of pyridine rings is 1. The number of rotatable bonds is 3. The van der Waals surface area contributed by atoms with Crippen LogP contribution >= 0.6 is 22.6 Å². The smallest absolute Gasteiger partial charge is 0.214 e. The van der Waals surface area contributed by atoms with Crippen molar-refractivity contribution in [3.05, 3.63) is 15.8 Å². The average molecular weight is 335 g/mol. The van der Waals surface area contributed by atoms with Crippen molar-refractivity contribution in [2.45, 2.75) is 25.6 Å². The standard InChI is InChI=1S/C11H14INO3/c1-14-10-6-8(12)9(7-13-10)16-11-4-2-3-5-15-11/h6-7,11H,2-5H2,1H3/t11-/m1/s1. The van der Waals surface area contributed by atoms with Gasteiger partial charge >= 0.3 is 0 Å². The number of hydrogen-bond donors (Lipinski definition) is 0. The van der Waals surface area contributed by atoms with Crippen molar-refractivity contribution in [3.8, 4) is 11.6 Å². The van der Waals surface area contributed by atoms with Gasteiger partial charge in [-0.1, -0.05) is 0 Å². The third kappa shape index (κ3) is 2.98. The van der Waals surface area contributed by atoms with Gasteiger partial charge in [0.1, 0.15) is 0 Å². The third-order valence-corrected chi connectivity index (χ3v) is 3.24. The maximum absolute atomic E-state index is 5.74. The van der Waals surface area contributed by atoms with E-state index in [-0.39, 0.29) is 6.29 Å². The lowest BCUT2D eigenvalue weighted by atomic mass is 10.2. The Morgan fingerprint density at radius 2 is 2.38 bits per heavy atom. The molecule has 0 unspecified atom stereocenters. The van der Waals surface area contributed by atoms with E-state index < -0.39 is 0 Å². The molecule has 88 valence electrons. The minimum absolute atomic E-state index is 0.127. The van der Waals surface area contributed by atoms with E-state index in [1.807, 2.05) is 6.07 Å². The number of ether oxygens (including phenoxy) is 3. The van der Waals surface area contributed by atoms with E-state index in [1.54, 1.807) is 13.3 Å². The van der Waals surface area contributed by atoms with Crippen molar-refractivity contribution in [3.63, 3.8) is 0 Å². The summed E-state index contributed by atoms with van der Waals surface area (Å²) in [5.41, 5.74) is 0. The molecule has 5 heteroatoms. The van der Waals surface area contributed by atoms with Crippen LogP contribution in [0.1, 0.15) is 19.3 Å². The lowest BCUT2D eigenvalue weighted by Crippen LogP contribution is -2.25. The third-order valence-electron chi connectivity index (χ3n) is 2.40. The lowest BCUT2D eigenvalue weighted by Gasteiger charge is -2.23. The molecule has 4 nitrogen and oxygen atoms in total. The van der Waals surface area contributed by atoms with Crippen LogP contribution in [-0.2, 0) is 4.74 Å². The molecule has 16 heavy (non-hydrogen) atoms. The largest absolute Gasteiger partial charge is 0.481 e. The predicted molar refractivity (Wildman–Crippen MR) is 67.7 cm³/mol. The summed E-state index contributed by atoms with van der Waals surface area (Å²) in [5.74, 6) is 1.36. The van der Waals surface area contributed by atoms with E-state index in [0.29, 0.717) is 5.88 Å². The van der Waals surface area contributed by atoms with Crippen LogP contribution in [-0.4, -0.2) is 25.0 Å². The summed E-state index contributed by atoms with van der Waals surface area (Å²) in [4.78, 5) is 4.12. The van der Waals surface area contributed by atoms with Gasteiger partial charge in [-0.25, -0.2) is 4.98 Å². The van der Waals surface area contributed by atoms with Crippen LogP contribution in [0.2, 0.25) is 0 Å². The molecule has 0 amide bonds. The molecule has 1 aromatic rings. The molecule has 0 radical (unpaired) electrons. The second-order valence-corrected chi connectivity index (χ2v) is 4.73. The topological polar surface area (TPSA) is 40.6 Å². The highest BCUT2D eigenvalue weighted by Crippen LogP contribution is 2.26. The molecule has 0 spiro atoms. The number of methoxy groups -OCH3 is 1. The van der Waals surface area contributed by atoms with E-state index >= 15 is 0 Å². The Morgan fingerprint density at radius 1 is 1.50 bits per heavy atom. The van der Waals surface area contributed by atoms with Gasteiger partial charge in [0, 0.05) is 12.5 Å². The van der Waals surface area contributed by atoms with E-state index in [9.17, 15) is 0 Å². The SMILES string of the molecule is COc1cc(I)c(O[C@@H]2CCCCO2)cn1. The summed E-state index contributed by atoms with van der Waals surface area (Å²) < 4.78 is 17.3. The predicted octanol–water partition coefficient (Wildman–Crippen LogP) is 2.60. The number of halogens is 1. The van der Waals surface area contributed by atoms with Gasteiger partial charge in [0.05, 0.1) is 23.5 Å². The van der Waals surface area contributed by atoms with Crippen LogP contribution < -0.4 is 9.47 Å². The molecule has 1 fully saturated rings. The summed E-state index contributed by atoms with van der Waals surface area (Å²) >= 11 is 2.20. The van der Waals surface area contributed by atoms with Gasteiger partial charge < -0.3 is 14.2 Å². The molecular weight excluding hydrogens is 321 g/mol. The van der Waals surface area contributed by atoms with Crippen molar-refractivity contribution < 1.29 is 14.2 Å². The molecule has 0 aromatic carbocycles. The fourth-order valence-electron chi connectivity index (χ4n) is 1.54. The van der Waals surface area contributed by atoms with Crippen molar-refractivity contribution in [1.82, 2.24) is 4.98 Å². The molecule has 0 bridgehead atoms. The Labute approximate surface area is 108 Å². The quantitative estimate of drug-likeness (QED) is 0.797. The second-order valence-electron chi connectivity index (χ2n) is 3.57. The molecule has 1 atom stereocenters. The molecule has 2 heterocycles. The first-order chi connectivity index (χ1) is 7.79. The molecule has 1 aromatic heterocycles. The number of hydrogen-bond acceptors (Lipinski definition) is 4. The maximum atomic E-state index is 5.74. The van der Waals surface area contributed by atoms with Crippen LogP contribution in [0, 0.1) is 3.57 Å². The maximum Gasteiger partial charge on any atom is 0.214 e. The van der Waals surface area contributed by atoms with Gasteiger partial charge in [0.2, 0.25) is 5.88 Å². The Morgan fingerprint density at radius 3 is 3.00 bits per heavy atom. The molecule has 0 aliphatic carbocycles. The molecule has 2 rings (SSSR count). The Bertz CT molecular complexity index is 353. The average Bonchev–Trinajstić information content (AvgIpc) is 2.33. The van der Waals surface area contributed by atoms with Crippen molar-refractivity contribution >= 4 is 22.6 Å². The highest BCUT2D eigenvalue weighted by Gasteiger charge is 2.16. The first-order valence-corrected chi connectivity index (χ1v) is 6.35. The van der Waals surface area contributed by atoms with E-state index in [4.69, 9.17) is 14.2 Å². The van der Waals surface area contributed by atoms with Crippen LogP contribution in [0.5, 0.6) is 11.6 Å². The van der Waals surface area contributed by atoms with Crippen LogP contribution in [0.15, 0.2) is 12.3 Å². The minimum atomic E-state index is -0.127. The minimum Gasteiger partial charge on any atom is -0.481 e. The zero-order chi connectivity index (χ0) is 11.4. The van der Waals surface area contributed by atoms with Gasteiger partial charge in [-0.2, -0.15) is 0 Å². The zero-order valence-corrected chi connectivity index (χ0v) is 11.3. The van der Waals surface area contributed by atoms with Crippen LogP contribution in [0.4, 0.5) is 0 Å². The normalized spacial score (nSPS) is 20.5. The molecule has 1 saturated heterocycles. The Balaban J connectivity index is 2.03. The first-order valence-electron chi connectivity index (χ1n) is 5.27. The van der Waals surface area contributed by atoms with Crippen molar-refractivity contribution in [1.29, 1.82) is 0 Å². The number of aromatic nitrogens is 1. The van der Waals surface area contributed by atoms with E-state index in [1.165, 1.54) is 0 Å². The zero-order valence-electron chi connectivity index (χ0n) is 9.11. The summed E-state index contributed by atoms with van der Waals surface area (Å²) in [7, 11) is 1.60. The van der Waals surface area contributed by atoms with E-state index in [2.05, 4.69) is 27.6 Å². The first kappa shape index (κ1) is 11.9. The molecule has 0 saturated carbocycles. The summed E-state index contributed by atoms with van der Waals surface area (Å²) in [5, 5.41) is 0. The van der Waals surface area contributed by atoms with Gasteiger partial charge in [-0.3, -0.25) is 0 Å². The Hall–Kier alpha value is -0.560. The second kappa shape index (κ2) is 5.67. The molecule has 1 aliphatic heterocycles.